The molecule has 2 aromatic heterocycles. The monoisotopic (exact) mass is 332 g/mol. The van der Waals surface area contributed by atoms with Crippen LogP contribution in [0, 0.1) is 0 Å². The Kier molecular flexibility index (Phi) is 4.36. The van der Waals surface area contributed by atoms with Gasteiger partial charge in [-0.15, -0.1) is 22.9 Å². The highest BCUT2D eigenvalue weighted by atomic mass is 35.5. The van der Waals surface area contributed by atoms with Crippen molar-refractivity contribution >= 4 is 39.1 Å². The number of nitrogens with zero attached hydrogens (tertiary/aromatic N) is 2. The third-order valence-corrected chi connectivity index (χ3v) is 4.72. The van der Waals surface area contributed by atoms with Gasteiger partial charge in [0, 0.05) is 10.4 Å². The Bertz CT molecular complexity index is 832. The van der Waals surface area contributed by atoms with E-state index in [1.54, 1.807) is 30.4 Å². The second-order valence-electron chi connectivity index (χ2n) is 4.58. The largest absolute Gasteiger partial charge is 0.462 e. The summed E-state index contributed by atoms with van der Waals surface area (Å²) in [5.41, 5.74) is 3.05. The topological polar surface area (TPSA) is 52.1 Å². The zero-order chi connectivity index (χ0) is 15.5. The van der Waals surface area contributed by atoms with Gasteiger partial charge < -0.3 is 4.74 Å². The van der Waals surface area contributed by atoms with Crippen LogP contribution in [0.4, 0.5) is 0 Å². The quantitative estimate of drug-likeness (QED) is 0.528. The highest BCUT2D eigenvalue weighted by molar-refractivity contribution is 7.19. The third kappa shape index (κ3) is 2.82. The predicted octanol–water partition coefficient (Wildman–Crippen LogP) is 4.27. The first-order valence-corrected chi connectivity index (χ1v) is 8.15. The number of fused-ring (bicyclic) bond motifs is 1. The van der Waals surface area contributed by atoms with Crippen molar-refractivity contribution in [1.29, 1.82) is 0 Å². The van der Waals surface area contributed by atoms with Gasteiger partial charge in [-0.05, 0) is 25.1 Å². The molecule has 1 aromatic carbocycles. The fraction of sp³-hybridized carbons (Fsp3) is 0.188. The minimum absolute atomic E-state index is 0.331. The van der Waals surface area contributed by atoms with Gasteiger partial charge in [0.15, 0.2) is 0 Å². The van der Waals surface area contributed by atoms with E-state index in [0.29, 0.717) is 18.1 Å². The molecule has 4 nitrogen and oxygen atoms in total. The molecule has 0 spiro atoms. The first kappa shape index (κ1) is 14.9. The summed E-state index contributed by atoms with van der Waals surface area (Å²) in [4.78, 5) is 21.6. The highest BCUT2D eigenvalue weighted by Gasteiger charge is 2.13. The lowest BCUT2D eigenvalue weighted by atomic mass is 10.1. The van der Waals surface area contributed by atoms with Crippen LogP contribution in [0.1, 0.15) is 22.2 Å². The van der Waals surface area contributed by atoms with Crippen LogP contribution in [0.5, 0.6) is 0 Å². The Hall–Kier alpha value is -1.98. The van der Waals surface area contributed by atoms with Gasteiger partial charge in [0.1, 0.15) is 6.33 Å². The number of thiophene rings is 1. The molecule has 0 atom stereocenters. The van der Waals surface area contributed by atoms with E-state index in [9.17, 15) is 4.79 Å². The number of alkyl halides is 1. The normalized spacial score (nSPS) is 10.8. The van der Waals surface area contributed by atoms with Gasteiger partial charge in [0.25, 0.3) is 0 Å². The number of esters is 1. The first-order chi connectivity index (χ1) is 10.7. The van der Waals surface area contributed by atoms with Gasteiger partial charge in [-0.3, -0.25) is 0 Å². The molecule has 3 rings (SSSR count). The van der Waals surface area contributed by atoms with Gasteiger partial charge in [-0.2, -0.15) is 0 Å². The van der Waals surface area contributed by atoms with Gasteiger partial charge in [-0.25, -0.2) is 14.8 Å². The zero-order valence-corrected chi connectivity index (χ0v) is 13.4. The van der Waals surface area contributed by atoms with Crippen LogP contribution < -0.4 is 0 Å². The summed E-state index contributed by atoms with van der Waals surface area (Å²) in [6, 6.07) is 9.24. The molecule has 0 saturated carbocycles. The number of aromatic nitrogens is 2. The minimum atomic E-state index is -0.331. The number of ether oxygens (including phenoxy) is 1. The molecular weight excluding hydrogens is 320 g/mol. The van der Waals surface area contributed by atoms with Crippen molar-refractivity contribution in [2.75, 3.05) is 6.61 Å². The molecule has 0 N–H and O–H groups in total. The average Bonchev–Trinajstić information content (AvgIpc) is 2.98. The maximum Gasteiger partial charge on any atom is 0.338 e. The Labute approximate surface area is 136 Å². The van der Waals surface area contributed by atoms with Crippen molar-refractivity contribution in [1.82, 2.24) is 9.97 Å². The van der Waals surface area contributed by atoms with Crippen LogP contribution in [0.2, 0.25) is 0 Å². The van der Waals surface area contributed by atoms with E-state index in [-0.39, 0.29) is 5.97 Å². The zero-order valence-electron chi connectivity index (χ0n) is 11.9. The summed E-state index contributed by atoms with van der Waals surface area (Å²) >= 11 is 7.47. The molecule has 0 saturated heterocycles. The first-order valence-electron chi connectivity index (χ1n) is 6.80. The average molecular weight is 333 g/mol. The molecule has 112 valence electrons. The van der Waals surface area contributed by atoms with Crippen LogP contribution in [0.3, 0.4) is 0 Å². The molecule has 0 aliphatic carbocycles. The second-order valence-corrected chi connectivity index (χ2v) is 5.99. The predicted molar refractivity (Wildman–Crippen MR) is 88.4 cm³/mol. The maximum absolute atomic E-state index is 11.9. The molecule has 0 fully saturated rings. The number of rotatable bonds is 4. The lowest BCUT2D eigenvalue weighted by molar-refractivity contribution is 0.0526. The minimum Gasteiger partial charge on any atom is -0.462 e. The second kappa shape index (κ2) is 6.42. The van der Waals surface area contributed by atoms with Gasteiger partial charge >= 0.3 is 5.97 Å². The molecule has 6 heteroatoms. The molecule has 0 bridgehead atoms. The highest BCUT2D eigenvalue weighted by Crippen LogP contribution is 2.33. The smallest absolute Gasteiger partial charge is 0.338 e. The summed E-state index contributed by atoms with van der Waals surface area (Å²) < 4.78 is 6.01. The molecule has 0 aliphatic heterocycles. The molecular formula is C16H13ClN2O2S. The van der Waals surface area contributed by atoms with E-state index >= 15 is 0 Å². The van der Waals surface area contributed by atoms with Crippen molar-refractivity contribution in [2.24, 2.45) is 0 Å². The van der Waals surface area contributed by atoms with E-state index in [4.69, 9.17) is 16.3 Å². The van der Waals surface area contributed by atoms with Crippen LogP contribution in [0.25, 0.3) is 21.5 Å². The summed E-state index contributed by atoms with van der Waals surface area (Å²) in [5, 5.41) is 0. The Morgan fingerprint density at radius 2 is 2.18 bits per heavy atom. The number of hydrogen-bond acceptors (Lipinski definition) is 5. The lowest BCUT2D eigenvalue weighted by Gasteiger charge is -2.05. The van der Waals surface area contributed by atoms with Crippen LogP contribution in [-0.2, 0) is 10.6 Å². The fourth-order valence-electron chi connectivity index (χ4n) is 2.18. The van der Waals surface area contributed by atoms with Crippen LogP contribution in [0.15, 0.2) is 36.7 Å². The summed E-state index contributed by atoms with van der Waals surface area (Å²) in [6.45, 7) is 2.14. The van der Waals surface area contributed by atoms with E-state index < -0.39 is 0 Å². The molecule has 0 aliphatic rings. The van der Waals surface area contributed by atoms with Crippen LogP contribution in [-0.4, -0.2) is 22.5 Å². The van der Waals surface area contributed by atoms with E-state index in [1.165, 1.54) is 6.33 Å². The van der Waals surface area contributed by atoms with Gasteiger partial charge in [-0.1, -0.05) is 12.1 Å². The summed E-state index contributed by atoms with van der Waals surface area (Å²) in [6.07, 6.45) is 1.53. The number of hydrogen-bond donors (Lipinski definition) is 0. The van der Waals surface area contributed by atoms with Crippen molar-refractivity contribution < 1.29 is 9.53 Å². The number of carbonyl (C=O) groups is 1. The molecule has 0 unspecified atom stereocenters. The van der Waals surface area contributed by atoms with Crippen LogP contribution >= 0.6 is 22.9 Å². The Morgan fingerprint density at radius 1 is 1.32 bits per heavy atom. The SMILES string of the molecule is CCOC(=O)c1cccc(-c2ncnc3cc(CCl)sc23)c1. The van der Waals surface area contributed by atoms with Crippen molar-refractivity contribution in [2.45, 2.75) is 12.8 Å². The van der Waals surface area contributed by atoms with E-state index in [1.807, 2.05) is 18.2 Å². The van der Waals surface area contributed by atoms with Crippen molar-refractivity contribution in [3.8, 4) is 11.3 Å². The van der Waals surface area contributed by atoms with E-state index in [0.717, 1.165) is 26.4 Å². The Morgan fingerprint density at radius 3 is 2.95 bits per heavy atom. The summed E-state index contributed by atoms with van der Waals surface area (Å²) in [7, 11) is 0. The van der Waals surface area contributed by atoms with Gasteiger partial charge in [0.2, 0.25) is 0 Å². The molecule has 0 radical (unpaired) electrons. The molecule has 2 heterocycles. The maximum atomic E-state index is 11.9. The molecule has 0 amide bonds. The lowest BCUT2D eigenvalue weighted by Crippen LogP contribution is -2.04. The van der Waals surface area contributed by atoms with E-state index in [2.05, 4.69) is 9.97 Å². The number of carbonyl (C=O) groups excluding carboxylic acids is 1. The van der Waals surface area contributed by atoms with Gasteiger partial charge in [0.05, 0.1) is 34.0 Å². The summed E-state index contributed by atoms with van der Waals surface area (Å²) in [5.74, 6) is 0.117. The fourth-order valence-corrected chi connectivity index (χ4v) is 3.39. The standard InChI is InChI=1S/C16H13ClN2O2S/c1-2-21-16(20)11-5-3-4-10(6-11)14-15-13(18-9-19-14)7-12(8-17)22-15/h3-7,9H,2,8H2,1H3. The van der Waals surface area contributed by atoms with Crippen molar-refractivity contribution in [3.63, 3.8) is 0 Å². The molecule has 3 aromatic rings. The number of halogens is 1. The van der Waals surface area contributed by atoms with Crippen molar-refractivity contribution in [3.05, 3.63) is 47.1 Å². The number of benzene rings is 1. The third-order valence-electron chi connectivity index (χ3n) is 3.14. The Balaban J connectivity index is 2.09. The molecule has 22 heavy (non-hydrogen) atoms.